The molecule has 0 amide bonds. The van der Waals surface area contributed by atoms with E-state index >= 15 is 0 Å². The van der Waals surface area contributed by atoms with E-state index in [0.29, 0.717) is 0 Å². The normalized spacial score (nSPS) is 28.5. The number of hydrogen-bond donors (Lipinski definition) is 1. The Kier molecular flexibility index (Phi) is 1.43. The number of nitrogens with zero attached hydrogens (tertiary/aromatic N) is 3. The third kappa shape index (κ3) is 0.790. The molecule has 1 aliphatic rings. The molecule has 1 atom stereocenters. The molecule has 1 unspecified atom stereocenters. The van der Waals surface area contributed by atoms with Gasteiger partial charge in [0.15, 0.2) is 0 Å². The first kappa shape index (κ1) is 5.50. The first-order valence-electron chi connectivity index (χ1n) is 2.73. The zero-order valence-electron chi connectivity index (χ0n) is 5.13. The lowest BCUT2D eigenvalue weighted by Gasteiger charge is -2.11. The minimum atomic E-state index is 0.245. The first-order valence-corrected chi connectivity index (χ1v) is 2.73. The Hall–Kier alpha value is -0.640. The van der Waals surface area contributed by atoms with Crippen LogP contribution in [0.4, 0.5) is 0 Å². The zero-order valence-corrected chi connectivity index (χ0v) is 5.13. The summed E-state index contributed by atoms with van der Waals surface area (Å²) in [4.78, 5) is 0. The second kappa shape index (κ2) is 2.09. The average molecular weight is 114 g/mol. The molecular weight excluding hydrogens is 104 g/mol. The van der Waals surface area contributed by atoms with Crippen molar-refractivity contribution < 1.29 is 0 Å². The van der Waals surface area contributed by atoms with Gasteiger partial charge in [0.2, 0.25) is 0 Å². The lowest BCUT2D eigenvalue weighted by atomic mass is 10.4. The molecule has 1 N–H and O–H groups in total. The van der Waals surface area contributed by atoms with Crippen LogP contribution >= 0.6 is 0 Å². The third-order valence-electron chi connectivity index (χ3n) is 1.21. The standard InChI is InChI=1S/C4H10N4/c1-3-4-5-6-7-8(4)2/h4H,3H2,1-2H3,(H,5,7). The molecule has 4 heteroatoms. The summed E-state index contributed by atoms with van der Waals surface area (Å²) in [6.45, 7) is 2.08. The van der Waals surface area contributed by atoms with E-state index in [1.165, 1.54) is 0 Å². The van der Waals surface area contributed by atoms with Gasteiger partial charge >= 0.3 is 0 Å². The molecule has 0 aromatic heterocycles. The van der Waals surface area contributed by atoms with Crippen LogP contribution in [-0.4, -0.2) is 18.2 Å². The maximum Gasteiger partial charge on any atom is 0.143 e. The van der Waals surface area contributed by atoms with Gasteiger partial charge in [-0.05, 0) is 6.42 Å². The largest absolute Gasteiger partial charge is 0.220 e. The summed E-state index contributed by atoms with van der Waals surface area (Å²) in [5.74, 6) is 0. The predicted octanol–water partition coefficient (Wildman–Crippen LogP) is 0.540. The number of rotatable bonds is 1. The van der Waals surface area contributed by atoms with Crippen LogP contribution in [0, 0.1) is 0 Å². The fourth-order valence-electron chi connectivity index (χ4n) is 0.663. The Balaban J connectivity index is 2.41. The van der Waals surface area contributed by atoms with Gasteiger partial charge < -0.3 is 0 Å². The molecule has 46 valence electrons. The van der Waals surface area contributed by atoms with Crippen molar-refractivity contribution in [2.24, 2.45) is 10.3 Å². The zero-order chi connectivity index (χ0) is 5.98. The van der Waals surface area contributed by atoms with Gasteiger partial charge in [-0.3, -0.25) is 0 Å². The first-order chi connectivity index (χ1) is 3.84. The molecule has 1 heterocycles. The van der Waals surface area contributed by atoms with Crippen LogP contribution in [0.15, 0.2) is 10.3 Å². The van der Waals surface area contributed by atoms with Crippen molar-refractivity contribution in [3.05, 3.63) is 0 Å². The van der Waals surface area contributed by atoms with E-state index in [1.54, 1.807) is 0 Å². The predicted molar refractivity (Wildman–Crippen MR) is 29.8 cm³/mol. The molecule has 0 saturated carbocycles. The molecule has 8 heavy (non-hydrogen) atoms. The fourth-order valence-corrected chi connectivity index (χ4v) is 0.663. The maximum atomic E-state index is 3.88. The summed E-state index contributed by atoms with van der Waals surface area (Å²) in [6.07, 6.45) is 1.25. The smallest absolute Gasteiger partial charge is 0.143 e. The average Bonchev–Trinajstić information content (AvgIpc) is 2.14. The molecule has 0 fully saturated rings. The Labute approximate surface area is 48.5 Å². The van der Waals surface area contributed by atoms with Gasteiger partial charge in [-0.25, -0.2) is 5.53 Å². The van der Waals surface area contributed by atoms with Crippen molar-refractivity contribution in [1.29, 1.82) is 0 Å². The molecule has 4 nitrogen and oxygen atoms in total. The van der Waals surface area contributed by atoms with Gasteiger partial charge in [-0.15, -0.1) is 5.11 Å². The van der Waals surface area contributed by atoms with Crippen LogP contribution in [0.25, 0.3) is 0 Å². The molecule has 0 aromatic rings. The molecule has 0 radical (unpaired) electrons. The Morgan fingerprint density at radius 1 is 1.75 bits per heavy atom. The molecule has 0 bridgehead atoms. The SMILES string of the molecule is CCC1N=NNN1C. The Morgan fingerprint density at radius 3 is 2.75 bits per heavy atom. The molecular formula is C4H10N4. The van der Waals surface area contributed by atoms with Crippen LogP contribution < -0.4 is 5.53 Å². The monoisotopic (exact) mass is 114 g/mol. The minimum Gasteiger partial charge on any atom is -0.220 e. The van der Waals surface area contributed by atoms with E-state index < -0.39 is 0 Å². The highest BCUT2D eigenvalue weighted by Crippen LogP contribution is 2.04. The summed E-state index contributed by atoms with van der Waals surface area (Å²) in [7, 11) is 1.92. The van der Waals surface area contributed by atoms with E-state index in [4.69, 9.17) is 0 Å². The van der Waals surface area contributed by atoms with Crippen molar-refractivity contribution in [2.45, 2.75) is 19.5 Å². The van der Waals surface area contributed by atoms with Gasteiger partial charge in [0.05, 0.1) is 0 Å². The van der Waals surface area contributed by atoms with Crippen molar-refractivity contribution in [3.63, 3.8) is 0 Å². The molecule has 0 spiro atoms. The molecule has 1 aliphatic heterocycles. The number of hydrogen-bond acceptors (Lipinski definition) is 4. The van der Waals surface area contributed by atoms with E-state index in [-0.39, 0.29) is 6.17 Å². The molecule has 0 saturated heterocycles. The second-order valence-electron chi connectivity index (χ2n) is 1.82. The topological polar surface area (TPSA) is 40.0 Å². The fraction of sp³-hybridized carbons (Fsp3) is 1.00. The van der Waals surface area contributed by atoms with Crippen molar-refractivity contribution >= 4 is 0 Å². The molecule has 0 aromatic carbocycles. The highest BCUT2D eigenvalue weighted by Gasteiger charge is 2.14. The lowest BCUT2D eigenvalue weighted by molar-refractivity contribution is 0.215. The van der Waals surface area contributed by atoms with Crippen LogP contribution in [0.1, 0.15) is 13.3 Å². The molecule has 0 aliphatic carbocycles. The van der Waals surface area contributed by atoms with Crippen molar-refractivity contribution in [2.75, 3.05) is 7.05 Å². The Bertz CT molecular complexity index is 100. The van der Waals surface area contributed by atoms with Gasteiger partial charge in [0.1, 0.15) is 6.17 Å². The molecule has 1 rings (SSSR count). The van der Waals surface area contributed by atoms with Crippen molar-refractivity contribution in [1.82, 2.24) is 10.5 Å². The summed E-state index contributed by atoms with van der Waals surface area (Å²) < 4.78 is 0. The van der Waals surface area contributed by atoms with Crippen molar-refractivity contribution in [3.8, 4) is 0 Å². The summed E-state index contributed by atoms with van der Waals surface area (Å²) in [5, 5.41) is 9.37. The summed E-state index contributed by atoms with van der Waals surface area (Å²) >= 11 is 0. The van der Waals surface area contributed by atoms with Crippen LogP contribution in [0.3, 0.4) is 0 Å². The van der Waals surface area contributed by atoms with Crippen LogP contribution in [0.5, 0.6) is 0 Å². The third-order valence-corrected chi connectivity index (χ3v) is 1.21. The van der Waals surface area contributed by atoms with Gasteiger partial charge in [-0.2, -0.15) is 5.01 Å². The second-order valence-corrected chi connectivity index (χ2v) is 1.82. The lowest BCUT2D eigenvalue weighted by Crippen LogP contribution is -2.32. The van der Waals surface area contributed by atoms with E-state index in [9.17, 15) is 0 Å². The minimum absolute atomic E-state index is 0.245. The van der Waals surface area contributed by atoms with Gasteiger partial charge in [-0.1, -0.05) is 12.1 Å². The Morgan fingerprint density at radius 2 is 2.50 bits per heavy atom. The maximum absolute atomic E-state index is 3.88. The summed E-state index contributed by atoms with van der Waals surface area (Å²) in [5.41, 5.74) is 2.71. The number of hydrazine groups is 1. The van der Waals surface area contributed by atoms with Gasteiger partial charge in [0, 0.05) is 7.05 Å². The van der Waals surface area contributed by atoms with E-state index in [2.05, 4.69) is 22.8 Å². The van der Waals surface area contributed by atoms with Gasteiger partial charge in [0.25, 0.3) is 0 Å². The van der Waals surface area contributed by atoms with Crippen LogP contribution in [-0.2, 0) is 0 Å². The highest BCUT2D eigenvalue weighted by molar-refractivity contribution is 4.59. The van der Waals surface area contributed by atoms with E-state index in [0.717, 1.165) is 6.42 Å². The number of nitrogens with one attached hydrogen (secondary N) is 1. The van der Waals surface area contributed by atoms with E-state index in [1.807, 2.05) is 12.1 Å². The highest BCUT2D eigenvalue weighted by atomic mass is 15.8. The summed E-state index contributed by atoms with van der Waals surface area (Å²) in [6, 6.07) is 0. The van der Waals surface area contributed by atoms with Crippen LogP contribution in [0.2, 0.25) is 0 Å². The quantitative estimate of drug-likeness (QED) is 0.540.